The van der Waals surface area contributed by atoms with Crippen LogP contribution in [-0.2, 0) is 28.7 Å². The first-order valence-electron chi connectivity index (χ1n) is 15.1. The molecule has 1 saturated heterocycles. The number of amides is 2. The number of esters is 2. The van der Waals surface area contributed by atoms with Crippen LogP contribution in [0.5, 0.6) is 0 Å². The Hall–Kier alpha value is -2.12. The van der Waals surface area contributed by atoms with Crippen molar-refractivity contribution in [3.8, 4) is 0 Å². The minimum Gasteiger partial charge on any atom is -0.465 e. The van der Waals surface area contributed by atoms with Gasteiger partial charge in [-0.15, -0.1) is 0 Å². The predicted octanol–water partition coefficient (Wildman–Crippen LogP) is 5.67. The molecule has 0 saturated carbocycles. The third-order valence-corrected chi connectivity index (χ3v) is 8.47. The summed E-state index contributed by atoms with van der Waals surface area (Å²) in [6.45, 7) is 15.0. The molecule has 0 aliphatic carbocycles. The number of carbonyl (C=O) groups excluding carboxylic acids is 4. The normalized spacial score (nSPS) is 18.4. The van der Waals surface area contributed by atoms with Crippen LogP contribution in [-0.4, -0.2) is 62.0 Å². The van der Waals surface area contributed by atoms with Gasteiger partial charge in [0.15, 0.2) is 0 Å². The highest BCUT2D eigenvalue weighted by Crippen LogP contribution is 2.45. The molecule has 0 aromatic rings. The number of unbranched alkanes of at least 4 members (excludes halogenated alkanes) is 1. The van der Waals surface area contributed by atoms with Crippen LogP contribution >= 0.6 is 0 Å². The number of hydrogen-bond acceptors (Lipinski definition) is 6. The molecule has 0 aromatic heterocycles. The van der Waals surface area contributed by atoms with Crippen molar-refractivity contribution in [1.82, 2.24) is 10.2 Å². The summed E-state index contributed by atoms with van der Waals surface area (Å²) in [4.78, 5) is 53.7. The number of rotatable bonds is 17. The highest BCUT2D eigenvalue weighted by atomic mass is 16.5. The van der Waals surface area contributed by atoms with Gasteiger partial charge in [0.1, 0.15) is 6.61 Å². The van der Waals surface area contributed by atoms with Gasteiger partial charge in [-0.2, -0.15) is 0 Å². The second kappa shape index (κ2) is 16.2. The third kappa shape index (κ3) is 10.8. The standard InChI is InChI=1S/C31H56N2O6/c1-9-12-16-24(10-2)21-39-28(37)30(6,11-3)23-31(7,26(35)32-8)22-29(4,5)27(36)38-20-19-33-18-15-13-14-17-25(33)34/h24H,9-23H2,1-8H3,(H,32,35). The van der Waals surface area contributed by atoms with Crippen LogP contribution < -0.4 is 5.32 Å². The maximum absolute atomic E-state index is 13.3. The largest absolute Gasteiger partial charge is 0.465 e. The fourth-order valence-corrected chi connectivity index (χ4v) is 5.76. The van der Waals surface area contributed by atoms with Gasteiger partial charge < -0.3 is 19.7 Å². The monoisotopic (exact) mass is 552 g/mol. The Balaban J connectivity index is 2.92. The smallest absolute Gasteiger partial charge is 0.311 e. The number of likely N-dealkylation sites (tertiary alicyclic amines) is 1. The van der Waals surface area contributed by atoms with Crippen LogP contribution in [0.1, 0.15) is 119 Å². The number of nitrogens with one attached hydrogen (secondary N) is 1. The van der Waals surface area contributed by atoms with E-state index in [-0.39, 0.29) is 37.2 Å². The zero-order valence-corrected chi connectivity index (χ0v) is 26.1. The van der Waals surface area contributed by atoms with E-state index in [2.05, 4.69) is 19.2 Å². The molecule has 0 spiro atoms. The molecule has 1 heterocycles. The summed E-state index contributed by atoms with van der Waals surface area (Å²) in [6, 6.07) is 0. The molecule has 1 aliphatic rings. The van der Waals surface area contributed by atoms with Gasteiger partial charge in [-0.3, -0.25) is 19.2 Å². The van der Waals surface area contributed by atoms with Crippen molar-refractivity contribution in [1.29, 1.82) is 0 Å². The number of hydrogen-bond donors (Lipinski definition) is 1. The van der Waals surface area contributed by atoms with Gasteiger partial charge in [0.25, 0.3) is 0 Å². The molecular formula is C31H56N2O6. The quantitative estimate of drug-likeness (QED) is 0.233. The lowest BCUT2D eigenvalue weighted by Gasteiger charge is -2.40. The molecule has 1 aliphatic heterocycles. The van der Waals surface area contributed by atoms with E-state index in [1.807, 2.05) is 20.8 Å². The summed E-state index contributed by atoms with van der Waals surface area (Å²) in [6.07, 6.45) is 8.61. The van der Waals surface area contributed by atoms with Crippen molar-refractivity contribution in [3.63, 3.8) is 0 Å². The van der Waals surface area contributed by atoms with Crippen molar-refractivity contribution < 1.29 is 28.7 Å². The van der Waals surface area contributed by atoms with Crippen LogP contribution in [0.15, 0.2) is 0 Å². The average molecular weight is 553 g/mol. The van der Waals surface area contributed by atoms with E-state index in [0.29, 0.717) is 38.5 Å². The second-order valence-electron chi connectivity index (χ2n) is 12.6. The number of ether oxygens (including phenoxy) is 2. The van der Waals surface area contributed by atoms with E-state index in [1.54, 1.807) is 25.8 Å². The Labute approximate surface area is 237 Å². The highest BCUT2D eigenvalue weighted by Gasteiger charge is 2.48. The lowest BCUT2D eigenvalue weighted by molar-refractivity contribution is -0.162. The second-order valence-corrected chi connectivity index (χ2v) is 12.6. The zero-order valence-electron chi connectivity index (χ0n) is 26.1. The maximum atomic E-state index is 13.3. The molecule has 1 N–H and O–H groups in total. The lowest BCUT2D eigenvalue weighted by atomic mass is 9.64. The molecule has 0 aromatic carbocycles. The van der Waals surface area contributed by atoms with Crippen LogP contribution in [0, 0.1) is 22.2 Å². The summed E-state index contributed by atoms with van der Waals surface area (Å²) in [5.74, 6) is -0.490. The topological polar surface area (TPSA) is 102 Å². The van der Waals surface area contributed by atoms with E-state index >= 15 is 0 Å². The molecule has 3 atom stereocenters. The number of carbonyl (C=O) groups is 4. The molecule has 2 amide bonds. The van der Waals surface area contributed by atoms with Crippen molar-refractivity contribution in [3.05, 3.63) is 0 Å². The van der Waals surface area contributed by atoms with Gasteiger partial charge in [0.2, 0.25) is 11.8 Å². The van der Waals surface area contributed by atoms with E-state index in [4.69, 9.17) is 9.47 Å². The minimum atomic E-state index is -1.01. The zero-order chi connectivity index (χ0) is 29.7. The SMILES string of the molecule is CCCCC(CC)COC(=O)C(C)(CC)CC(C)(CC(C)(C)C(=O)OCCN1CCCCCC1=O)C(=O)NC. The first kappa shape index (κ1) is 34.9. The summed E-state index contributed by atoms with van der Waals surface area (Å²) >= 11 is 0. The van der Waals surface area contributed by atoms with E-state index in [1.165, 1.54) is 0 Å². The Morgan fingerprint density at radius 2 is 1.64 bits per heavy atom. The molecule has 8 heteroatoms. The van der Waals surface area contributed by atoms with E-state index in [0.717, 1.165) is 44.9 Å². The molecule has 1 rings (SSSR count). The van der Waals surface area contributed by atoms with Gasteiger partial charge in [0.05, 0.1) is 24.0 Å². The molecule has 226 valence electrons. The fraction of sp³-hybridized carbons (Fsp3) is 0.871. The Morgan fingerprint density at radius 1 is 0.949 bits per heavy atom. The Morgan fingerprint density at radius 3 is 2.23 bits per heavy atom. The van der Waals surface area contributed by atoms with Crippen molar-refractivity contribution in [2.24, 2.45) is 22.2 Å². The van der Waals surface area contributed by atoms with E-state index < -0.39 is 22.2 Å². The van der Waals surface area contributed by atoms with Gasteiger partial charge in [-0.1, -0.05) is 53.4 Å². The van der Waals surface area contributed by atoms with Crippen LogP contribution in [0.2, 0.25) is 0 Å². The van der Waals surface area contributed by atoms with Gasteiger partial charge in [-0.25, -0.2) is 0 Å². The molecule has 0 bridgehead atoms. The minimum absolute atomic E-state index is 0.108. The predicted molar refractivity (Wildman–Crippen MR) is 154 cm³/mol. The van der Waals surface area contributed by atoms with Gasteiger partial charge >= 0.3 is 11.9 Å². The van der Waals surface area contributed by atoms with Crippen molar-refractivity contribution in [2.45, 2.75) is 119 Å². The maximum Gasteiger partial charge on any atom is 0.311 e. The highest BCUT2D eigenvalue weighted by molar-refractivity contribution is 5.85. The van der Waals surface area contributed by atoms with Crippen molar-refractivity contribution >= 4 is 23.8 Å². The third-order valence-electron chi connectivity index (χ3n) is 8.47. The number of nitrogens with zero attached hydrogens (tertiary/aromatic N) is 1. The van der Waals surface area contributed by atoms with Crippen LogP contribution in [0.3, 0.4) is 0 Å². The molecular weight excluding hydrogens is 496 g/mol. The average Bonchev–Trinajstić information content (AvgIpc) is 3.11. The Bertz CT molecular complexity index is 813. The molecule has 39 heavy (non-hydrogen) atoms. The summed E-state index contributed by atoms with van der Waals surface area (Å²) in [5.41, 5.74) is -2.86. The van der Waals surface area contributed by atoms with Crippen LogP contribution in [0.25, 0.3) is 0 Å². The van der Waals surface area contributed by atoms with Crippen molar-refractivity contribution in [2.75, 3.05) is 33.4 Å². The Kier molecular flexibility index (Phi) is 14.5. The molecule has 8 nitrogen and oxygen atoms in total. The first-order chi connectivity index (χ1) is 18.3. The van der Waals surface area contributed by atoms with Gasteiger partial charge in [-0.05, 0) is 65.2 Å². The lowest BCUT2D eigenvalue weighted by Crippen LogP contribution is -2.47. The van der Waals surface area contributed by atoms with E-state index in [9.17, 15) is 19.2 Å². The summed E-state index contributed by atoms with van der Waals surface area (Å²) < 4.78 is 11.4. The van der Waals surface area contributed by atoms with Gasteiger partial charge in [0, 0.05) is 25.4 Å². The molecule has 3 unspecified atom stereocenters. The van der Waals surface area contributed by atoms with Crippen LogP contribution in [0.4, 0.5) is 0 Å². The summed E-state index contributed by atoms with van der Waals surface area (Å²) in [5, 5.41) is 2.74. The summed E-state index contributed by atoms with van der Waals surface area (Å²) in [7, 11) is 1.57. The fourth-order valence-electron chi connectivity index (χ4n) is 5.76. The molecule has 0 radical (unpaired) electrons. The molecule has 1 fully saturated rings. The first-order valence-corrected chi connectivity index (χ1v) is 15.1.